The molecular formula is C14H13BrN4. The van der Waals surface area contributed by atoms with Gasteiger partial charge < -0.3 is 11.1 Å². The number of nitrogen functional groups attached to an aromatic ring is 1. The molecule has 0 saturated carbocycles. The lowest BCUT2D eigenvalue weighted by molar-refractivity contribution is 1.27. The predicted molar refractivity (Wildman–Crippen MR) is 80.3 cm³/mol. The number of nitrogens with zero attached hydrogens (tertiary/aromatic N) is 2. The number of benzene rings is 1. The van der Waals surface area contributed by atoms with E-state index in [9.17, 15) is 0 Å². The highest BCUT2D eigenvalue weighted by Crippen LogP contribution is 2.27. The van der Waals surface area contributed by atoms with E-state index in [-0.39, 0.29) is 0 Å². The fraction of sp³-hybridized carbons (Fsp3) is 0.143. The molecular weight excluding hydrogens is 304 g/mol. The van der Waals surface area contributed by atoms with Crippen LogP contribution in [0.1, 0.15) is 16.7 Å². The zero-order valence-corrected chi connectivity index (χ0v) is 12.2. The summed E-state index contributed by atoms with van der Waals surface area (Å²) < 4.78 is 1.09. The van der Waals surface area contributed by atoms with Crippen molar-refractivity contribution in [2.75, 3.05) is 11.1 Å². The van der Waals surface area contributed by atoms with Crippen LogP contribution in [0.2, 0.25) is 0 Å². The minimum atomic E-state index is 0.429. The summed E-state index contributed by atoms with van der Waals surface area (Å²) in [5.74, 6) is 0.512. The Kier molecular flexibility index (Phi) is 3.72. The van der Waals surface area contributed by atoms with Crippen molar-refractivity contribution in [1.82, 2.24) is 4.98 Å². The molecule has 0 bridgehead atoms. The summed E-state index contributed by atoms with van der Waals surface area (Å²) >= 11 is 3.52. The molecule has 0 amide bonds. The third-order valence-corrected chi connectivity index (χ3v) is 3.98. The van der Waals surface area contributed by atoms with E-state index in [0.29, 0.717) is 17.1 Å². The van der Waals surface area contributed by atoms with Crippen LogP contribution in [0.4, 0.5) is 17.2 Å². The number of nitrogens with one attached hydrogen (secondary N) is 1. The number of aryl methyl sites for hydroxylation is 2. The number of hydrogen-bond donors (Lipinski definition) is 2. The molecule has 3 N–H and O–H groups in total. The SMILES string of the molecule is Cc1cc(Nc2ncc(N)cc2C#N)cc(C)c1Br. The first-order chi connectivity index (χ1) is 9.01. The molecule has 0 aliphatic carbocycles. The van der Waals surface area contributed by atoms with E-state index in [1.807, 2.05) is 26.0 Å². The number of aromatic nitrogens is 1. The van der Waals surface area contributed by atoms with Crippen LogP contribution in [-0.2, 0) is 0 Å². The van der Waals surface area contributed by atoms with Crippen LogP contribution in [0.15, 0.2) is 28.9 Å². The Balaban J connectivity index is 2.40. The largest absolute Gasteiger partial charge is 0.397 e. The highest BCUT2D eigenvalue weighted by atomic mass is 79.9. The lowest BCUT2D eigenvalue weighted by atomic mass is 10.1. The van der Waals surface area contributed by atoms with E-state index >= 15 is 0 Å². The first-order valence-electron chi connectivity index (χ1n) is 5.70. The zero-order valence-electron chi connectivity index (χ0n) is 10.7. The molecule has 1 aromatic heterocycles. The van der Waals surface area contributed by atoms with Crippen LogP contribution in [0.5, 0.6) is 0 Å². The number of halogens is 1. The van der Waals surface area contributed by atoms with Gasteiger partial charge in [-0.15, -0.1) is 0 Å². The highest BCUT2D eigenvalue weighted by Gasteiger charge is 2.07. The van der Waals surface area contributed by atoms with Crippen molar-refractivity contribution in [2.45, 2.75) is 13.8 Å². The Morgan fingerprint density at radius 3 is 2.47 bits per heavy atom. The van der Waals surface area contributed by atoms with Crippen molar-refractivity contribution in [2.24, 2.45) is 0 Å². The van der Waals surface area contributed by atoms with E-state index in [2.05, 4.69) is 32.3 Å². The topological polar surface area (TPSA) is 74.7 Å². The van der Waals surface area contributed by atoms with Gasteiger partial charge in [0, 0.05) is 10.2 Å². The van der Waals surface area contributed by atoms with Gasteiger partial charge in [0.1, 0.15) is 11.9 Å². The summed E-state index contributed by atoms with van der Waals surface area (Å²) in [5.41, 5.74) is 9.66. The quantitative estimate of drug-likeness (QED) is 0.886. The molecule has 96 valence electrons. The molecule has 0 spiro atoms. The fourth-order valence-corrected chi connectivity index (χ4v) is 2.05. The Morgan fingerprint density at radius 2 is 1.89 bits per heavy atom. The molecule has 2 aromatic rings. The maximum Gasteiger partial charge on any atom is 0.148 e. The minimum absolute atomic E-state index is 0.429. The van der Waals surface area contributed by atoms with Crippen LogP contribution in [0, 0.1) is 25.2 Å². The first-order valence-corrected chi connectivity index (χ1v) is 6.50. The van der Waals surface area contributed by atoms with E-state index in [4.69, 9.17) is 11.0 Å². The van der Waals surface area contributed by atoms with E-state index < -0.39 is 0 Å². The molecule has 2 rings (SSSR count). The number of anilines is 3. The van der Waals surface area contributed by atoms with Gasteiger partial charge in [-0.05, 0) is 43.2 Å². The van der Waals surface area contributed by atoms with Crippen LogP contribution >= 0.6 is 15.9 Å². The average Bonchev–Trinajstić information content (AvgIpc) is 2.38. The van der Waals surface area contributed by atoms with Crippen molar-refractivity contribution in [3.63, 3.8) is 0 Å². The Bertz CT molecular complexity index is 651. The van der Waals surface area contributed by atoms with Gasteiger partial charge in [0.15, 0.2) is 0 Å². The summed E-state index contributed by atoms with van der Waals surface area (Å²) in [5, 5.41) is 12.2. The molecule has 0 aliphatic heterocycles. The molecule has 19 heavy (non-hydrogen) atoms. The smallest absolute Gasteiger partial charge is 0.148 e. The van der Waals surface area contributed by atoms with Crippen LogP contribution in [0.25, 0.3) is 0 Å². The predicted octanol–water partition coefficient (Wildman–Crippen LogP) is 3.66. The molecule has 1 heterocycles. The Labute approximate surface area is 120 Å². The Hall–Kier alpha value is -2.06. The molecule has 0 aliphatic rings. The number of pyridine rings is 1. The van der Waals surface area contributed by atoms with Crippen molar-refractivity contribution in [1.29, 1.82) is 5.26 Å². The third kappa shape index (κ3) is 2.85. The minimum Gasteiger partial charge on any atom is -0.397 e. The van der Waals surface area contributed by atoms with Gasteiger partial charge in [0.25, 0.3) is 0 Å². The van der Waals surface area contributed by atoms with E-state index in [1.54, 1.807) is 6.07 Å². The standard InChI is InChI=1S/C14H13BrN4/c1-8-3-12(4-9(2)13(8)15)19-14-10(6-16)5-11(17)7-18-14/h3-5,7H,17H2,1-2H3,(H,18,19). The van der Waals surface area contributed by atoms with Crippen LogP contribution in [0.3, 0.4) is 0 Å². The second-order valence-corrected chi connectivity index (χ2v) is 5.12. The van der Waals surface area contributed by atoms with Crippen molar-refractivity contribution in [3.8, 4) is 6.07 Å². The molecule has 0 unspecified atom stereocenters. The van der Waals surface area contributed by atoms with Crippen LogP contribution in [-0.4, -0.2) is 4.98 Å². The molecule has 0 saturated heterocycles. The summed E-state index contributed by atoms with van der Waals surface area (Å²) in [6.45, 7) is 4.04. The van der Waals surface area contributed by atoms with Crippen LogP contribution < -0.4 is 11.1 Å². The van der Waals surface area contributed by atoms with Crippen molar-refractivity contribution < 1.29 is 0 Å². The van der Waals surface area contributed by atoms with Gasteiger partial charge in [-0.25, -0.2) is 4.98 Å². The second kappa shape index (κ2) is 5.29. The second-order valence-electron chi connectivity index (χ2n) is 4.33. The molecule has 5 heteroatoms. The van der Waals surface area contributed by atoms with E-state index in [1.165, 1.54) is 6.20 Å². The van der Waals surface area contributed by atoms with Gasteiger partial charge >= 0.3 is 0 Å². The molecule has 4 nitrogen and oxygen atoms in total. The highest BCUT2D eigenvalue weighted by molar-refractivity contribution is 9.10. The van der Waals surface area contributed by atoms with Crippen molar-refractivity contribution >= 4 is 33.1 Å². The lowest BCUT2D eigenvalue weighted by Gasteiger charge is -2.11. The van der Waals surface area contributed by atoms with Gasteiger partial charge in [0.05, 0.1) is 17.4 Å². The average molecular weight is 317 g/mol. The summed E-state index contributed by atoms with van der Waals surface area (Å²) in [4.78, 5) is 4.16. The summed E-state index contributed by atoms with van der Waals surface area (Å²) in [6.07, 6.45) is 1.53. The molecule has 1 aromatic carbocycles. The molecule has 0 fully saturated rings. The summed E-state index contributed by atoms with van der Waals surface area (Å²) in [6, 6.07) is 7.68. The summed E-state index contributed by atoms with van der Waals surface area (Å²) in [7, 11) is 0. The van der Waals surface area contributed by atoms with E-state index in [0.717, 1.165) is 21.3 Å². The normalized spacial score (nSPS) is 10.0. The van der Waals surface area contributed by atoms with Gasteiger partial charge in [-0.3, -0.25) is 0 Å². The zero-order chi connectivity index (χ0) is 14.0. The molecule has 0 radical (unpaired) electrons. The number of nitrogens with two attached hydrogens (primary N) is 1. The van der Waals surface area contributed by atoms with Gasteiger partial charge in [-0.2, -0.15) is 5.26 Å². The third-order valence-electron chi connectivity index (χ3n) is 2.73. The number of hydrogen-bond acceptors (Lipinski definition) is 4. The monoisotopic (exact) mass is 316 g/mol. The number of nitriles is 1. The van der Waals surface area contributed by atoms with Gasteiger partial charge in [-0.1, -0.05) is 15.9 Å². The first kappa shape index (κ1) is 13.4. The lowest BCUT2D eigenvalue weighted by Crippen LogP contribution is -1.99. The number of rotatable bonds is 2. The Morgan fingerprint density at radius 1 is 1.26 bits per heavy atom. The maximum absolute atomic E-state index is 9.08. The maximum atomic E-state index is 9.08. The molecule has 0 atom stereocenters. The van der Waals surface area contributed by atoms with Gasteiger partial charge in [0.2, 0.25) is 0 Å². The fourth-order valence-electron chi connectivity index (χ4n) is 1.82. The van der Waals surface area contributed by atoms with Crippen molar-refractivity contribution in [3.05, 3.63) is 45.6 Å².